The second-order valence-electron chi connectivity index (χ2n) is 10.6. The molecule has 3 aliphatic heterocycles. The monoisotopic (exact) mass is 462 g/mol. The fourth-order valence-corrected chi connectivity index (χ4v) is 6.47. The number of pyridine rings is 1. The number of hydrogen-bond acceptors (Lipinski definition) is 4. The summed E-state index contributed by atoms with van der Waals surface area (Å²) in [6, 6.07) is 13.9. The van der Waals surface area contributed by atoms with Crippen molar-refractivity contribution < 1.29 is 18.8 Å². The van der Waals surface area contributed by atoms with Gasteiger partial charge in [-0.3, -0.25) is 14.6 Å². The van der Waals surface area contributed by atoms with E-state index in [0.29, 0.717) is 16.9 Å². The Kier molecular flexibility index (Phi) is 6.68. The third-order valence-corrected chi connectivity index (χ3v) is 8.40. The van der Waals surface area contributed by atoms with Crippen molar-refractivity contribution in [3.05, 3.63) is 60.4 Å². The van der Waals surface area contributed by atoms with Crippen LogP contribution in [0.25, 0.3) is 0 Å². The van der Waals surface area contributed by atoms with Crippen LogP contribution in [0.3, 0.4) is 0 Å². The highest BCUT2D eigenvalue weighted by Gasteiger charge is 2.51. The largest absolute Gasteiger partial charge is 0.455 e. The summed E-state index contributed by atoms with van der Waals surface area (Å²) in [6.07, 6.45) is 11.5. The average molecular weight is 463 g/mol. The van der Waals surface area contributed by atoms with Crippen molar-refractivity contribution in [2.24, 2.45) is 5.92 Å². The van der Waals surface area contributed by atoms with Gasteiger partial charge in [-0.25, -0.2) is 0 Å². The first-order chi connectivity index (χ1) is 16.6. The van der Waals surface area contributed by atoms with Gasteiger partial charge in [-0.2, -0.15) is 0 Å². The molecule has 6 heteroatoms. The van der Waals surface area contributed by atoms with Crippen LogP contribution in [0.4, 0.5) is 5.69 Å². The normalized spacial score (nSPS) is 28.0. The van der Waals surface area contributed by atoms with Crippen molar-refractivity contribution >= 4 is 17.6 Å². The predicted octanol–water partition coefficient (Wildman–Crippen LogP) is 4.46. The van der Waals surface area contributed by atoms with Crippen LogP contribution in [-0.2, 0) is 19.7 Å². The molecule has 2 bridgehead atoms. The molecule has 0 spiro atoms. The first-order valence-electron chi connectivity index (χ1n) is 12.9. The van der Waals surface area contributed by atoms with Crippen LogP contribution in [0, 0.1) is 5.92 Å². The highest BCUT2D eigenvalue weighted by molar-refractivity contribution is 5.91. The maximum atomic E-state index is 13.9. The number of piperidine rings is 3. The minimum atomic E-state index is -0.535. The highest BCUT2D eigenvalue weighted by Crippen LogP contribution is 2.42. The minimum Gasteiger partial charge on any atom is -0.455 e. The van der Waals surface area contributed by atoms with E-state index in [0.717, 1.165) is 69.4 Å². The van der Waals surface area contributed by atoms with Crippen molar-refractivity contribution in [3.8, 4) is 0 Å². The van der Waals surface area contributed by atoms with E-state index >= 15 is 0 Å². The molecular formula is C28H36N3O3+. The lowest BCUT2D eigenvalue weighted by Crippen LogP contribution is -2.66. The lowest BCUT2D eigenvalue weighted by Gasteiger charge is -2.52. The van der Waals surface area contributed by atoms with E-state index in [1.54, 1.807) is 12.4 Å². The number of rotatable bonds is 6. The number of carbonyl (C=O) groups excluding carboxylic acids is 2. The Morgan fingerprint density at radius 3 is 2.41 bits per heavy atom. The van der Waals surface area contributed by atoms with Crippen LogP contribution in [0.15, 0.2) is 54.9 Å². The number of esters is 1. The molecule has 180 valence electrons. The van der Waals surface area contributed by atoms with E-state index in [1.165, 1.54) is 12.8 Å². The fourth-order valence-electron chi connectivity index (χ4n) is 6.47. The zero-order valence-corrected chi connectivity index (χ0v) is 20.0. The standard InChI is InChI=1S/C28H35N3O3/c32-26(30-24-11-8-16-29-19-24)21-31-17-12-22(13-18-31)25(20-31)34-27(33)28(14-6-1-2-7-15-28)23-9-4-3-5-10-23/h3-5,8-11,16,19,22,25H,1-2,6-7,12-15,17-18,20-21H2/p+1. The van der Waals surface area contributed by atoms with Gasteiger partial charge in [0.2, 0.25) is 0 Å². The molecule has 1 atom stereocenters. The van der Waals surface area contributed by atoms with E-state index < -0.39 is 5.41 Å². The summed E-state index contributed by atoms with van der Waals surface area (Å²) in [5, 5.41) is 2.98. The first-order valence-corrected chi connectivity index (χ1v) is 12.9. The number of nitrogens with one attached hydrogen (secondary N) is 1. The van der Waals surface area contributed by atoms with Crippen LogP contribution >= 0.6 is 0 Å². The summed E-state index contributed by atoms with van der Waals surface area (Å²) in [5.41, 5.74) is 1.29. The van der Waals surface area contributed by atoms with Crippen LogP contribution in [0.1, 0.15) is 56.9 Å². The van der Waals surface area contributed by atoms with Gasteiger partial charge in [0, 0.05) is 25.0 Å². The molecular weight excluding hydrogens is 426 g/mol. The zero-order valence-electron chi connectivity index (χ0n) is 20.0. The number of nitrogens with zero attached hydrogens (tertiary/aromatic N) is 2. The third kappa shape index (κ3) is 4.74. The molecule has 6 rings (SSSR count). The summed E-state index contributed by atoms with van der Waals surface area (Å²) in [7, 11) is 0. The Morgan fingerprint density at radius 1 is 1.00 bits per heavy atom. The molecule has 34 heavy (non-hydrogen) atoms. The topological polar surface area (TPSA) is 68.3 Å². The lowest BCUT2D eigenvalue weighted by atomic mass is 9.74. The van der Waals surface area contributed by atoms with Crippen LogP contribution < -0.4 is 5.32 Å². The smallest absolute Gasteiger partial charge is 0.317 e. The summed E-state index contributed by atoms with van der Waals surface area (Å²) >= 11 is 0. The van der Waals surface area contributed by atoms with Gasteiger partial charge < -0.3 is 14.5 Å². The van der Waals surface area contributed by atoms with Gasteiger partial charge in [0.05, 0.1) is 30.4 Å². The van der Waals surface area contributed by atoms with E-state index in [4.69, 9.17) is 4.74 Å². The summed E-state index contributed by atoms with van der Waals surface area (Å²) in [4.78, 5) is 30.8. The van der Waals surface area contributed by atoms with E-state index in [1.807, 2.05) is 30.3 Å². The molecule has 2 aromatic rings. The summed E-state index contributed by atoms with van der Waals surface area (Å²) in [6.45, 7) is 3.10. The Hall–Kier alpha value is -2.73. The van der Waals surface area contributed by atoms with Gasteiger partial charge >= 0.3 is 5.97 Å². The highest BCUT2D eigenvalue weighted by atomic mass is 16.5. The number of hydrogen-bond donors (Lipinski definition) is 1. The van der Waals surface area contributed by atoms with Crippen molar-refractivity contribution in [2.75, 3.05) is 31.5 Å². The Bertz CT molecular complexity index is 978. The van der Waals surface area contributed by atoms with Gasteiger partial charge in [-0.1, -0.05) is 56.0 Å². The molecule has 1 aliphatic carbocycles. The van der Waals surface area contributed by atoms with Crippen LogP contribution in [-0.4, -0.2) is 53.6 Å². The minimum absolute atomic E-state index is 0.00273. The lowest BCUT2D eigenvalue weighted by molar-refractivity contribution is -0.939. The number of anilines is 1. The zero-order chi connectivity index (χ0) is 23.4. The number of benzene rings is 1. The molecule has 1 N–H and O–H groups in total. The molecule has 1 aromatic carbocycles. The number of fused-ring (bicyclic) bond motifs is 3. The molecule has 1 amide bonds. The van der Waals surface area contributed by atoms with Crippen LogP contribution in [0.5, 0.6) is 0 Å². The number of ether oxygens (including phenoxy) is 1. The third-order valence-electron chi connectivity index (χ3n) is 8.40. The molecule has 0 radical (unpaired) electrons. The van der Waals surface area contributed by atoms with E-state index in [9.17, 15) is 9.59 Å². The number of carbonyl (C=O) groups is 2. The maximum Gasteiger partial charge on any atom is 0.317 e. The van der Waals surface area contributed by atoms with E-state index in [-0.39, 0.29) is 18.0 Å². The summed E-state index contributed by atoms with van der Waals surface area (Å²) in [5.74, 6) is 0.365. The second-order valence-corrected chi connectivity index (χ2v) is 10.6. The maximum absolute atomic E-state index is 13.9. The second kappa shape index (κ2) is 9.87. The van der Waals surface area contributed by atoms with Crippen molar-refractivity contribution in [3.63, 3.8) is 0 Å². The van der Waals surface area contributed by atoms with Crippen LogP contribution in [0.2, 0.25) is 0 Å². The SMILES string of the molecule is O=C(C[N+]12CCC(CC1)C(OC(=O)C1(c3ccccc3)CCCCCC1)C2)Nc1cccnc1. The number of quaternary nitrogens is 1. The Morgan fingerprint density at radius 2 is 1.74 bits per heavy atom. The van der Waals surface area contributed by atoms with Gasteiger partial charge in [0.1, 0.15) is 6.54 Å². The van der Waals surface area contributed by atoms with Gasteiger partial charge in [-0.05, 0) is 30.5 Å². The van der Waals surface area contributed by atoms with Gasteiger partial charge in [0.25, 0.3) is 5.91 Å². The average Bonchev–Trinajstić information content (AvgIpc) is 3.13. The van der Waals surface area contributed by atoms with Crippen molar-refractivity contribution in [2.45, 2.75) is 62.9 Å². The number of aromatic nitrogens is 1. The van der Waals surface area contributed by atoms with Crippen molar-refractivity contribution in [1.82, 2.24) is 4.98 Å². The number of amides is 1. The molecule has 4 heterocycles. The molecule has 1 aromatic heterocycles. The molecule has 3 saturated heterocycles. The molecule has 6 nitrogen and oxygen atoms in total. The molecule has 1 saturated carbocycles. The molecule has 4 fully saturated rings. The van der Waals surface area contributed by atoms with E-state index in [2.05, 4.69) is 22.4 Å². The predicted molar refractivity (Wildman–Crippen MR) is 131 cm³/mol. The van der Waals surface area contributed by atoms with Gasteiger partial charge in [0.15, 0.2) is 12.6 Å². The quantitative estimate of drug-likeness (QED) is 0.391. The van der Waals surface area contributed by atoms with Gasteiger partial charge in [-0.15, -0.1) is 0 Å². The first kappa shape index (κ1) is 23.0. The Labute approximate surface area is 202 Å². The van der Waals surface area contributed by atoms with Crippen molar-refractivity contribution in [1.29, 1.82) is 0 Å². The Balaban J connectivity index is 1.30. The molecule has 1 unspecified atom stereocenters. The fraction of sp³-hybridized carbons (Fsp3) is 0.536. The summed E-state index contributed by atoms with van der Waals surface area (Å²) < 4.78 is 7.11. The molecule has 4 aliphatic rings.